The summed E-state index contributed by atoms with van der Waals surface area (Å²) in [5.41, 5.74) is 3.66. The molecule has 3 rings (SSSR count). The summed E-state index contributed by atoms with van der Waals surface area (Å²) < 4.78 is 31.8. The summed E-state index contributed by atoms with van der Waals surface area (Å²) in [6.07, 6.45) is 3.29. The second-order valence-corrected chi connectivity index (χ2v) is 7.98. The molecule has 156 valence electrons. The highest BCUT2D eigenvalue weighted by Crippen LogP contribution is 2.35. The lowest BCUT2D eigenvalue weighted by atomic mass is 9.92. The van der Waals surface area contributed by atoms with Gasteiger partial charge in [0.25, 0.3) is 0 Å². The van der Waals surface area contributed by atoms with E-state index in [-0.39, 0.29) is 5.75 Å². The van der Waals surface area contributed by atoms with Crippen LogP contribution in [0.5, 0.6) is 5.75 Å². The number of carbonyl (C=O) groups excluding carboxylic acids is 1. The highest BCUT2D eigenvalue weighted by molar-refractivity contribution is 7.62. The van der Waals surface area contributed by atoms with E-state index in [9.17, 15) is 13.2 Å². The van der Waals surface area contributed by atoms with Crippen molar-refractivity contribution >= 4 is 16.6 Å². The predicted octanol–water partition coefficient (Wildman–Crippen LogP) is 4.67. The van der Waals surface area contributed by atoms with Crippen LogP contribution in [0.25, 0.3) is 11.1 Å². The number of aromatic nitrogens is 2. The molecular formula is C22H23N3O4S. The number of hydrogen-bond acceptors (Lipinski definition) is 5. The van der Waals surface area contributed by atoms with Gasteiger partial charge in [-0.1, -0.05) is 48.5 Å². The fraction of sp³-hybridized carbons (Fsp3) is 0.273. The van der Waals surface area contributed by atoms with Crippen LogP contribution in [-0.2, 0) is 23.5 Å². The lowest BCUT2D eigenvalue weighted by Gasteiger charge is -2.18. The number of amides is 1. The van der Waals surface area contributed by atoms with Crippen LogP contribution in [0.3, 0.4) is 0 Å². The van der Waals surface area contributed by atoms with Crippen LogP contribution in [-0.4, -0.2) is 24.1 Å². The zero-order valence-corrected chi connectivity index (χ0v) is 17.9. The summed E-state index contributed by atoms with van der Waals surface area (Å²) in [4.78, 5) is 16.2. The molecule has 0 fully saturated rings. The van der Waals surface area contributed by atoms with E-state index in [4.69, 9.17) is 4.74 Å². The topological polar surface area (TPSA) is 90.6 Å². The Morgan fingerprint density at radius 3 is 2.50 bits per heavy atom. The average Bonchev–Trinajstić information content (AvgIpc) is 3.08. The van der Waals surface area contributed by atoms with Crippen LogP contribution in [0.4, 0.5) is 4.79 Å². The Morgan fingerprint density at radius 1 is 1.17 bits per heavy atom. The number of imidazole rings is 1. The molecule has 1 amide bonds. The van der Waals surface area contributed by atoms with Crippen molar-refractivity contribution < 1.29 is 17.9 Å². The Morgan fingerprint density at radius 2 is 1.90 bits per heavy atom. The molecule has 0 bridgehead atoms. The fourth-order valence-corrected chi connectivity index (χ4v) is 3.46. The third-order valence-electron chi connectivity index (χ3n) is 4.63. The second-order valence-electron chi connectivity index (χ2n) is 7.36. The van der Waals surface area contributed by atoms with Gasteiger partial charge in [0.15, 0.2) is 0 Å². The molecule has 8 heteroatoms. The fourth-order valence-electron chi connectivity index (χ4n) is 3.30. The number of nitrogens with zero attached hydrogens (tertiary/aromatic N) is 3. The van der Waals surface area contributed by atoms with Crippen molar-refractivity contribution in [2.75, 3.05) is 0 Å². The summed E-state index contributed by atoms with van der Waals surface area (Å²) in [5.74, 6) is 1.55. The summed E-state index contributed by atoms with van der Waals surface area (Å²) in [6.45, 7) is 6.76. The van der Waals surface area contributed by atoms with Crippen molar-refractivity contribution in [2.24, 2.45) is 10.3 Å². The predicted molar refractivity (Wildman–Crippen MR) is 114 cm³/mol. The van der Waals surface area contributed by atoms with Crippen molar-refractivity contribution in [2.45, 2.75) is 33.7 Å². The molecule has 1 aromatic heterocycles. The molecule has 0 saturated carbocycles. The molecule has 0 saturated heterocycles. The Labute approximate surface area is 177 Å². The molecule has 0 aliphatic carbocycles. The van der Waals surface area contributed by atoms with Gasteiger partial charge in [-0.15, -0.1) is 0 Å². The highest BCUT2D eigenvalue weighted by atomic mass is 32.2. The standard InChI is InChI=1S/C22H23N3O4S/c1-15(2)11-18-12-20(17-7-5-4-6-8-17)21(29-22(26)24-30(27)28)13-19(18)14-25-10-9-23-16(25)3/h4-10,12-13,15H,11,14H2,1-3H3. The summed E-state index contributed by atoms with van der Waals surface area (Å²) in [5, 5.41) is 0. The lowest BCUT2D eigenvalue weighted by molar-refractivity contribution is 0.212. The van der Waals surface area contributed by atoms with Gasteiger partial charge >= 0.3 is 16.6 Å². The Hall–Kier alpha value is -3.26. The van der Waals surface area contributed by atoms with E-state index >= 15 is 0 Å². The van der Waals surface area contributed by atoms with Gasteiger partial charge in [0.1, 0.15) is 11.6 Å². The van der Waals surface area contributed by atoms with Crippen LogP contribution in [0, 0.1) is 12.8 Å². The van der Waals surface area contributed by atoms with E-state index in [1.165, 1.54) is 0 Å². The van der Waals surface area contributed by atoms with Gasteiger partial charge in [-0.2, -0.15) is 8.42 Å². The number of hydrogen-bond donors (Lipinski definition) is 0. The number of benzene rings is 2. The molecule has 0 atom stereocenters. The molecule has 2 aromatic carbocycles. The summed E-state index contributed by atoms with van der Waals surface area (Å²) in [6, 6.07) is 13.3. The van der Waals surface area contributed by atoms with E-state index in [1.807, 2.05) is 54.1 Å². The zero-order valence-electron chi connectivity index (χ0n) is 17.1. The van der Waals surface area contributed by atoms with Crippen molar-refractivity contribution in [3.8, 4) is 16.9 Å². The number of carbonyl (C=O) groups is 1. The van der Waals surface area contributed by atoms with E-state index < -0.39 is 16.6 Å². The molecule has 0 aliphatic heterocycles. The summed E-state index contributed by atoms with van der Waals surface area (Å²) >= 11 is 0. The first-order valence-corrected chi connectivity index (χ1v) is 10.6. The van der Waals surface area contributed by atoms with Gasteiger partial charge in [-0.05, 0) is 48.1 Å². The van der Waals surface area contributed by atoms with Crippen LogP contribution < -0.4 is 4.74 Å². The average molecular weight is 426 g/mol. The maximum Gasteiger partial charge on any atom is 0.454 e. The van der Waals surface area contributed by atoms with Crippen molar-refractivity contribution in [1.29, 1.82) is 0 Å². The van der Waals surface area contributed by atoms with E-state index in [2.05, 4.69) is 23.2 Å². The smallest absolute Gasteiger partial charge is 0.407 e. The molecule has 0 radical (unpaired) electrons. The molecule has 1 heterocycles. The molecule has 7 nitrogen and oxygen atoms in total. The Bertz CT molecular complexity index is 1170. The molecule has 3 aromatic rings. The third kappa shape index (κ3) is 5.42. The van der Waals surface area contributed by atoms with Crippen molar-refractivity contribution in [1.82, 2.24) is 9.55 Å². The molecular weight excluding hydrogens is 402 g/mol. The molecule has 30 heavy (non-hydrogen) atoms. The monoisotopic (exact) mass is 425 g/mol. The Kier molecular flexibility index (Phi) is 6.79. The quantitative estimate of drug-likeness (QED) is 0.572. The van der Waals surface area contributed by atoms with Crippen molar-refractivity contribution in [3.05, 3.63) is 71.8 Å². The maximum atomic E-state index is 12.0. The van der Waals surface area contributed by atoms with Gasteiger partial charge < -0.3 is 9.30 Å². The molecule has 0 aliphatic rings. The summed E-state index contributed by atoms with van der Waals surface area (Å²) in [7, 11) is -2.88. The third-order valence-corrected chi connectivity index (χ3v) is 4.92. The van der Waals surface area contributed by atoms with Gasteiger partial charge in [0, 0.05) is 24.5 Å². The van der Waals surface area contributed by atoms with Crippen LogP contribution in [0.1, 0.15) is 30.8 Å². The van der Waals surface area contributed by atoms with Gasteiger partial charge in [-0.25, -0.2) is 9.78 Å². The van der Waals surface area contributed by atoms with Gasteiger partial charge in [-0.3, -0.25) is 0 Å². The zero-order chi connectivity index (χ0) is 21.7. The van der Waals surface area contributed by atoms with E-state index in [0.717, 1.165) is 28.9 Å². The number of aryl methyl sites for hydroxylation is 1. The minimum absolute atomic E-state index is 0.265. The van der Waals surface area contributed by atoms with Crippen LogP contribution in [0.2, 0.25) is 0 Å². The molecule has 0 unspecified atom stereocenters. The number of ether oxygens (including phenoxy) is 1. The maximum absolute atomic E-state index is 12.0. The highest BCUT2D eigenvalue weighted by Gasteiger charge is 2.17. The first-order chi connectivity index (χ1) is 14.3. The second kappa shape index (κ2) is 9.49. The van der Waals surface area contributed by atoms with Crippen LogP contribution >= 0.6 is 0 Å². The normalized spacial score (nSPS) is 10.8. The van der Waals surface area contributed by atoms with Crippen LogP contribution in [0.15, 0.2) is 59.2 Å². The van der Waals surface area contributed by atoms with Gasteiger partial charge in [0.05, 0.1) is 0 Å². The molecule has 0 N–H and O–H groups in total. The van der Waals surface area contributed by atoms with E-state index in [1.54, 1.807) is 12.3 Å². The first-order valence-electron chi connectivity index (χ1n) is 9.55. The van der Waals surface area contributed by atoms with Crippen molar-refractivity contribution in [3.63, 3.8) is 0 Å². The number of rotatable bonds is 6. The molecule has 0 spiro atoms. The minimum atomic E-state index is -2.88. The van der Waals surface area contributed by atoms with Gasteiger partial charge in [0.2, 0.25) is 0 Å². The lowest BCUT2D eigenvalue weighted by Crippen LogP contribution is -2.09. The van der Waals surface area contributed by atoms with E-state index in [0.29, 0.717) is 18.0 Å². The largest absolute Gasteiger partial charge is 0.454 e. The Balaban J connectivity index is 2.15. The SMILES string of the molecule is Cc1nccn1Cc1cc(OC(=O)N=S(=O)=O)c(-c2ccccc2)cc1CC(C)C. The minimum Gasteiger partial charge on any atom is -0.407 e. The first kappa shape index (κ1) is 21.4.